The van der Waals surface area contributed by atoms with Gasteiger partial charge >= 0.3 is 0 Å². The van der Waals surface area contributed by atoms with Crippen LogP contribution in [0.15, 0.2) is 29.2 Å². The summed E-state index contributed by atoms with van der Waals surface area (Å²) >= 11 is 18.2. The SMILES string of the molecule is COCC(=O)NC1CCN(c2ccc(-n3ncc(Cl)c(Cl)c3=O)cc2Cl)CC1. The molecule has 10 heteroatoms. The molecule has 0 bridgehead atoms. The minimum absolute atomic E-state index is 0.0651. The maximum atomic E-state index is 12.2. The van der Waals surface area contributed by atoms with E-state index in [1.54, 1.807) is 12.1 Å². The van der Waals surface area contributed by atoms with Crippen molar-refractivity contribution in [2.75, 3.05) is 31.7 Å². The van der Waals surface area contributed by atoms with Crippen molar-refractivity contribution in [2.45, 2.75) is 18.9 Å². The van der Waals surface area contributed by atoms with Crippen molar-refractivity contribution < 1.29 is 9.53 Å². The molecular weight excluding hydrogens is 427 g/mol. The van der Waals surface area contributed by atoms with E-state index < -0.39 is 5.56 Å². The number of aromatic nitrogens is 2. The van der Waals surface area contributed by atoms with E-state index in [1.165, 1.54) is 13.3 Å². The second kappa shape index (κ2) is 9.13. The van der Waals surface area contributed by atoms with E-state index >= 15 is 0 Å². The molecule has 0 aliphatic carbocycles. The molecule has 0 radical (unpaired) electrons. The summed E-state index contributed by atoms with van der Waals surface area (Å²) in [5.74, 6) is -0.108. The third kappa shape index (κ3) is 4.60. The van der Waals surface area contributed by atoms with Crippen LogP contribution in [-0.2, 0) is 9.53 Å². The molecule has 1 aliphatic rings. The van der Waals surface area contributed by atoms with Gasteiger partial charge in [-0.2, -0.15) is 9.78 Å². The normalized spacial score (nSPS) is 14.9. The first-order valence-corrected chi connectivity index (χ1v) is 9.80. The molecule has 1 amide bonds. The van der Waals surface area contributed by atoms with Crippen LogP contribution in [0.5, 0.6) is 0 Å². The van der Waals surface area contributed by atoms with Gasteiger partial charge in [-0.15, -0.1) is 0 Å². The lowest BCUT2D eigenvalue weighted by Gasteiger charge is -2.34. The van der Waals surface area contributed by atoms with E-state index in [9.17, 15) is 9.59 Å². The zero-order valence-corrected chi connectivity index (χ0v) is 17.4. The summed E-state index contributed by atoms with van der Waals surface area (Å²) in [5, 5.41) is 7.48. The first-order chi connectivity index (χ1) is 13.4. The summed E-state index contributed by atoms with van der Waals surface area (Å²) in [6, 6.07) is 5.39. The highest BCUT2D eigenvalue weighted by atomic mass is 35.5. The number of amides is 1. The maximum absolute atomic E-state index is 12.2. The Balaban J connectivity index is 1.71. The molecule has 2 heterocycles. The molecule has 0 atom stereocenters. The number of anilines is 1. The molecule has 0 saturated carbocycles. The first-order valence-electron chi connectivity index (χ1n) is 8.67. The van der Waals surface area contributed by atoms with Gasteiger partial charge in [0.25, 0.3) is 5.56 Å². The zero-order valence-electron chi connectivity index (χ0n) is 15.1. The molecule has 3 rings (SSSR count). The Morgan fingerprint density at radius 1 is 1.25 bits per heavy atom. The molecule has 28 heavy (non-hydrogen) atoms. The number of nitrogens with one attached hydrogen (secondary N) is 1. The van der Waals surface area contributed by atoms with Crippen LogP contribution in [0.2, 0.25) is 15.1 Å². The molecule has 1 aromatic heterocycles. The number of methoxy groups -OCH3 is 1. The second-order valence-electron chi connectivity index (χ2n) is 6.42. The summed E-state index contributed by atoms with van der Waals surface area (Å²) in [6.45, 7) is 1.57. The highest BCUT2D eigenvalue weighted by Crippen LogP contribution is 2.30. The number of benzene rings is 1. The van der Waals surface area contributed by atoms with Crippen LogP contribution in [-0.4, -0.2) is 48.5 Å². The molecule has 1 aliphatic heterocycles. The molecule has 1 fully saturated rings. The van der Waals surface area contributed by atoms with Crippen molar-refractivity contribution in [2.24, 2.45) is 0 Å². The number of carbonyl (C=O) groups excluding carboxylic acids is 1. The minimum Gasteiger partial charge on any atom is -0.375 e. The van der Waals surface area contributed by atoms with Crippen molar-refractivity contribution in [3.63, 3.8) is 0 Å². The molecule has 1 aromatic carbocycles. The van der Waals surface area contributed by atoms with E-state index in [-0.39, 0.29) is 28.6 Å². The average molecular weight is 446 g/mol. The fourth-order valence-corrected chi connectivity index (χ4v) is 3.69. The van der Waals surface area contributed by atoms with Crippen LogP contribution in [0.3, 0.4) is 0 Å². The van der Waals surface area contributed by atoms with E-state index in [0.29, 0.717) is 10.7 Å². The first kappa shape index (κ1) is 20.9. The van der Waals surface area contributed by atoms with Gasteiger partial charge in [0.15, 0.2) is 0 Å². The van der Waals surface area contributed by atoms with E-state index in [0.717, 1.165) is 36.3 Å². The van der Waals surface area contributed by atoms with E-state index in [1.807, 2.05) is 6.07 Å². The van der Waals surface area contributed by atoms with Gasteiger partial charge in [-0.05, 0) is 31.0 Å². The average Bonchev–Trinajstić information content (AvgIpc) is 2.67. The molecular formula is C18H19Cl3N4O3. The number of halogens is 3. The number of ether oxygens (including phenoxy) is 1. The van der Waals surface area contributed by atoms with Crippen LogP contribution in [0.1, 0.15) is 12.8 Å². The van der Waals surface area contributed by atoms with Gasteiger partial charge in [-0.25, -0.2) is 0 Å². The Kier molecular flexibility index (Phi) is 6.82. The van der Waals surface area contributed by atoms with Gasteiger partial charge in [0.2, 0.25) is 5.91 Å². The standard InChI is InChI=1S/C18H19Cl3N4O3/c1-28-10-16(26)23-11-4-6-24(7-5-11)15-3-2-12(8-13(15)19)25-18(27)17(21)14(20)9-22-25/h2-3,8-9,11H,4-7,10H2,1H3,(H,23,26). The number of rotatable bonds is 5. The fourth-order valence-electron chi connectivity index (χ4n) is 3.15. The third-order valence-electron chi connectivity index (χ3n) is 4.53. The van der Waals surface area contributed by atoms with E-state index in [2.05, 4.69) is 15.3 Å². The number of hydrogen-bond acceptors (Lipinski definition) is 5. The predicted molar refractivity (Wildman–Crippen MR) is 110 cm³/mol. The third-order valence-corrected chi connectivity index (χ3v) is 5.58. The molecule has 2 aromatic rings. The zero-order chi connectivity index (χ0) is 20.3. The van der Waals surface area contributed by atoms with Gasteiger partial charge < -0.3 is 15.0 Å². The van der Waals surface area contributed by atoms with Crippen molar-refractivity contribution in [1.82, 2.24) is 15.1 Å². The molecule has 1 N–H and O–H groups in total. The van der Waals surface area contributed by atoms with Crippen molar-refractivity contribution in [3.05, 3.63) is 49.8 Å². The maximum Gasteiger partial charge on any atom is 0.291 e. The van der Waals surface area contributed by atoms with Crippen molar-refractivity contribution in [1.29, 1.82) is 0 Å². The quantitative estimate of drug-likeness (QED) is 0.766. The molecule has 150 valence electrons. The number of piperidine rings is 1. The van der Waals surface area contributed by atoms with Crippen LogP contribution >= 0.6 is 34.8 Å². The number of hydrogen-bond donors (Lipinski definition) is 1. The van der Waals surface area contributed by atoms with Crippen LogP contribution in [0.4, 0.5) is 5.69 Å². The summed E-state index contributed by atoms with van der Waals surface area (Å²) < 4.78 is 5.99. The lowest BCUT2D eigenvalue weighted by molar-refractivity contribution is -0.125. The van der Waals surface area contributed by atoms with E-state index in [4.69, 9.17) is 39.5 Å². The molecule has 0 unspecified atom stereocenters. The fraction of sp³-hybridized carbons (Fsp3) is 0.389. The van der Waals surface area contributed by atoms with Crippen molar-refractivity contribution in [3.8, 4) is 5.69 Å². The second-order valence-corrected chi connectivity index (χ2v) is 7.61. The van der Waals surface area contributed by atoms with Gasteiger partial charge in [-0.3, -0.25) is 9.59 Å². The number of nitrogens with zero attached hydrogens (tertiary/aromatic N) is 3. The smallest absolute Gasteiger partial charge is 0.291 e. The highest BCUT2D eigenvalue weighted by molar-refractivity contribution is 6.41. The Bertz CT molecular complexity index is 927. The predicted octanol–water partition coefficient (Wildman–Crippen LogP) is 2.92. The van der Waals surface area contributed by atoms with Crippen LogP contribution < -0.4 is 15.8 Å². The Labute approximate surface area is 177 Å². The summed E-state index contributed by atoms with van der Waals surface area (Å²) in [4.78, 5) is 26.0. The van der Waals surface area contributed by atoms with Crippen LogP contribution in [0.25, 0.3) is 5.69 Å². The topological polar surface area (TPSA) is 76.5 Å². The molecule has 7 nitrogen and oxygen atoms in total. The number of carbonyl (C=O) groups is 1. The summed E-state index contributed by atoms with van der Waals surface area (Å²) in [7, 11) is 1.50. The Hall–Kier alpha value is -1.80. The van der Waals surface area contributed by atoms with Crippen molar-refractivity contribution >= 4 is 46.4 Å². The summed E-state index contributed by atoms with van der Waals surface area (Å²) in [6.07, 6.45) is 2.93. The van der Waals surface area contributed by atoms with Gasteiger partial charge in [-0.1, -0.05) is 34.8 Å². The van der Waals surface area contributed by atoms with Gasteiger partial charge in [0, 0.05) is 26.2 Å². The van der Waals surface area contributed by atoms with Gasteiger partial charge in [0.1, 0.15) is 11.6 Å². The molecule has 0 spiro atoms. The molecule has 1 saturated heterocycles. The van der Waals surface area contributed by atoms with Gasteiger partial charge in [0.05, 0.1) is 27.6 Å². The minimum atomic E-state index is -0.509. The Morgan fingerprint density at radius 2 is 1.96 bits per heavy atom. The largest absolute Gasteiger partial charge is 0.375 e. The lowest BCUT2D eigenvalue weighted by atomic mass is 10.0. The lowest BCUT2D eigenvalue weighted by Crippen LogP contribution is -2.45. The monoisotopic (exact) mass is 444 g/mol. The summed E-state index contributed by atoms with van der Waals surface area (Å²) in [5.41, 5.74) is 0.852. The van der Waals surface area contributed by atoms with Crippen LogP contribution in [0, 0.1) is 0 Å². The highest BCUT2D eigenvalue weighted by Gasteiger charge is 2.22. The Morgan fingerprint density at radius 3 is 2.61 bits per heavy atom.